The third-order valence-electron chi connectivity index (χ3n) is 4.35. The topological polar surface area (TPSA) is 75.3 Å². The summed E-state index contributed by atoms with van der Waals surface area (Å²) in [5.74, 6) is -0.777. The Hall–Kier alpha value is -2.75. The van der Waals surface area contributed by atoms with Crippen LogP contribution in [0, 0.1) is 6.92 Å². The van der Waals surface area contributed by atoms with Gasteiger partial charge in [0.1, 0.15) is 0 Å². The average Bonchev–Trinajstić information content (AvgIpc) is 2.70. The molecule has 0 unspecified atom stereocenters. The van der Waals surface area contributed by atoms with Gasteiger partial charge in [-0.05, 0) is 55.5 Å². The molecule has 0 aromatic heterocycles. The van der Waals surface area contributed by atoms with Crippen molar-refractivity contribution < 1.29 is 26.4 Å². The van der Waals surface area contributed by atoms with Crippen LogP contribution in [0.4, 0.5) is 24.5 Å². The number of carbonyl (C=O) groups is 1. The van der Waals surface area contributed by atoms with Crippen molar-refractivity contribution in [1.82, 2.24) is 0 Å². The van der Waals surface area contributed by atoms with Gasteiger partial charge in [0.05, 0.1) is 31.9 Å². The molecular formula is C21H15Cl2F3N2O3S. The van der Waals surface area contributed by atoms with Crippen molar-refractivity contribution in [1.29, 1.82) is 0 Å². The molecule has 0 heterocycles. The molecule has 0 radical (unpaired) electrons. The molecule has 0 aliphatic carbocycles. The number of nitrogens with one attached hydrogen (secondary N) is 2. The van der Waals surface area contributed by atoms with Crippen molar-refractivity contribution >= 4 is 50.5 Å². The molecular weight excluding hydrogens is 488 g/mol. The molecule has 3 aromatic carbocycles. The summed E-state index contributed by atoms with van der Waals surface area (Å²) >= 11 is 12.0. The van der Waals surface area contributed by atoms with Crippen molar-refractivity contribution in [3.63, 3.8) is 0 Å². The maximum Gasteiger partial charge on any atom is 0.416 e. The number of sulfonamides is 1. The van der Waals surface area contributed by atoms with E-state index in [1.54, 1.807) is 12.1 Å². The molecule has 2 N–H and O–H groups in total. The molecule has 168 valence electrons. The van der Waals surface area contributed by atoms with Gasteiger partial charge in [0, 0.05) is 5.56 Å². The Morgan fingerprint density at radius 3 is 2.12 bits per heavy atom. The largest absolute Gasteiger partial charge is 0.416 e. The van der Waals surface area contributed by atoms with E-state index in [1.165, 1.54) is 30.3 Å². The summed E-state index contributed by atoms with van der Waals surface area (Å²) in [4.78, 5) is 12.5. The lowest BCUT2D eigenvalue weighted by Crippen LogP contribution is -2.15. The lowest BCUT2D eigenvalue weighted by molar-refractivity contribution is -0.137. The van der Waals surface area contributed by atoms with Crippen LogP contribution in [0.2, 0.25) is 10.0 Å². The Morgan fingerprint density at radius 2 is 1.53 bits per heavy atom. The van der Waals surface area contributed by atoms with E-state index in [0.29, 0.717) is 6.07 Å². The number of amides is 1. The molecule has 0 spiro atoms. The summed E-state index contributed by atoms with van der Waals surface area (Å²) in [5.41, 5.74) is -0.302. The van der Waals surface area contributed by atoms with Crippen LogP contribution in [-0.2, 0) is 16.2 Å². The molecule has 0 atom stereocenters. The summed E-state index contributed by atoms with van der Waals surface area (Å²) in [6, 6.07) is 12.4. The highest BCUT2D eigenvalue weighted by Gasteiger charge is 2.31. The summed E-state index contributed by atoms with van der Waals surface area (Å²) < 4.78 is 66.1. The van der Waals surface area contributed by atoms with Crippen LogP contribution in [0.3, 0.4) is 0 Å². The number of alkyl halides is 3. The van der Waals surface area contributed by atoms with Crippen LogP contribution in [0.1, 0.15) is 21.5 Å². The van der Waals surface area contributed by atoms with Gasteiger partial charge in [-0.15, -0.1) is 0 Å². The van der Waals surface area contributed by atoms with Crippen LogP contribution >= 0.6 is 23.2 Å². The predicted molar refractivity (Wildman–Crippen MR) is 118 cm³/mol. The van der Waals surface area contributed by atoms with Crippen LogP contribution in [0.25, 0.3) is 0 Å². The fraction of sp³-hybridized carbons (Fsp3) is 0.0952. The zero-order chi connectivity index (χ0) is 23.7. The third kappa shape index (κ3) is 5.53. The van der Waals surface area contributed by atoms with Crippen LogP contribution in [0.15, 0.2) is 65.6 Å². The number of aryl methyl sites for hydroxylation is 1. The first-order valence-electron chi connectivity index (χ1n) is 8.94. The number of benzene rings is 3. The molecule has 0 saturated carbocycles. The van der Waals surface area contributed by atoms with Crippen molar-refractivity contribution in [2.24, 2.45) is 0 Å². The quantitative estimate of drug-likeness (QED) is 0.425. The highest BCUT2D eigenvalue weighted by atomic mass is 35.5. The summed E-state index contributed by atoms with van der Waals surface area (Å²) in [5, 5.41) is 2.13. The van der Waals surface area contributed by atoms with E-state index in [2.05, 4.69) is 10.0 Å². The Bertz CT molecular complexity index is 1280. The highest BCUT2D eigenvalue weighted by molar-refractivity contribution is 7.92. The summed E-state index contributed by atoms with van der Waals surface area (Å²) in [6.07, 6.45) is -4.61. The van der Waals surface area contributed by atoms with E-state index in [0.717, 1.165) is 17.7 Å². The van der Waals surface area contributed by atoms with Crippen molar-refractivity contribution in [2.75, 3.05) is 10.0 Å². The monoisotopic (exact) mass is 502 g/mol. The molecule has 3 aromatic rings. The standard InChI is InChI=1S/C21H15Cl2F3N2O3S/c1-12-2-6-15(7-3-12)32(30,31)28-18-9-4-13(10-17(18)23)20(29)27-19-11-14(21(24,25)26)5-8-16(19)22/h2-11,28H,1H3,(H,27,29). The van der Waals surface area contributed by atoms with Crippen molar-refractivity contribution in [3.8, 4) is 0 Å². The Kier molecular flexibility index (Phi) is 6.73. The second-order valence-corrected chi connectivity index (χ2v) is 9.26. The Balaban J connectivity index is 1.81. The molecule has 11 heteroatoms. The van der Waals surface area contributed by atoms with Gasteiger partial charge in [0.2, 0.25) is 0 Å². The number of anilines is 2. The minimum atomic E-state index is -4.61. The number of hydrogen-bond donors (Lipinski definition) is 2. The van der Waals surface area contributed by atoms with Crippen molar-refractivity contribution in [2.45, 2.75) is 18.0 Å². The summed E-state index contributed by atoms with van der Waals surface area (Å²) in [7, 11) is -3.92. The normalized spacial score (nSPS) is 11.8. The second kappa shape index (κ2) is 9.01. The number of rotatable bonds is 5. The second-order valence-electron chi connectivity index (χ2n) is 6.76. The number of carbonyl (C=O) groups excluding carboxylic acids is 1. The average molecular weight is 503 g/mol. The fourth-order valence-electron chi connectivity index (χ4n) is 2.65. The van der Waals surface area contributed by atoms with Gasteiger partial charge in [0.25, 0.3) is 15.9 Å². The minimum Gasteiger partial charge on any atom is -0.321 e. The highest BCUT2D eigenvalue weighted by Crippen LogP contribution is 2.34. The van der Waals surface area contributed by atoms with E-state index in [-0.39, 0.29) is 31.9 Å². The van der Waals surface area contributed by atoms with Crippen molar-refractivity contribution in [3.05, 3.63) is 87.4 Å². The van der Waals surface area contributed by atoms with E-state index < -0.39 is 27.7 Å². The number of hydrogen-bond acceptors (Lipinski definition) is 3. The number of halogens is 5. The summed E-state index contributed by atoms with van der Waals surface area (Å²) in [6.45, 7) is 1.82. The van der Waals surface area contributed by atoms with Gasteiger partial charge in [0.15, 0.2) is 0 Å². The van der Waals surface area contributed by atoms with Gasteiger partial charge in [-0.25, -0.2) is 8.42 Å². The van der Waals surface area contributed by atoms with Gasteiger partial charge >= 0.3 is 6.18 Å². The minimum absolute atomic E-state index is 0.0123. The van der Waals surface area contributed by atoms with Crippen LogP contribution in [0.5, 0.6) is 0 Å². The Labute approximate surface area is 192 Å². The Morgan fingerprint density at radius 1 is 0.875 bits per heavy atom. The van der Waals surface area contributed by atoms with E-state index in [9.17, 15) is 26.4 Å². The zero-order valence-electron chi connectivity index (χ0n) is 16.3. The molecule has 0 aliphatic heterocycles. The maximum atomic E-state index is 12.9. The molecule has 0 saturated heterocycles. The molecule has 5 nitrogen and oxygen atoms in total. The SMILES string of the molecule is Cc1ccc(S(=O)(=O)Nc2ccc(C(=O)Nc3cc(C(F)(F)F)ccc3Cl)cc2Cl)cc1. The van der Waals surface area contributed by atoms with Crippen LogP contribution < -0.4 is 10.0 Å². The van der Waals surface area contributed by atoms with E-state index in [1.807, 2.05) is 6.92 Å². The lowest BCUT2D eigenvalue weighted by atomic mass is 10.1. The molecule has 0 aliphatic rings. The first-order chi connectivity index (χ1) is 14.9. The van der Waals surface area contributed by atoms with Crippen LogP contribution in [-0.4, -0.2) is 14.3 Å². The van der Waals surface area contributed by atoms with E-state index >= 15 is 0 Å². The maximum absolute atomic E-state index is 12.9. The molecule has 0 fully saturated rings. The lowest BCUT2D eigenvalue weighted by Gasteiger charge is -2.13. The fourth-order valence-corrected chi connectivity index (χ4v) is 4.18. The first-order valence-corrected chi connectivity index (χ1v) is 11.2. The molecule has 0 bridgehead atoms. The third-order valence-corrected chi connectivity index (χ3v) is 6.37. The predicted octanol–water partition coefficient (Wildman–Crippen LogP) is 6.37. The zero-order valence-corrected chi connectivity index (χ0v) is 18.6. The van der Waals surface area contributed by atoms with Gasteiger partial charge in [-0.3, -0.25) is 9.52 Å². The van der Waals surface area contributed by atoms with Gasteiger partial charge in [-0.1, -0.05) is 40.9 Å². The smallest absolute Gasteiger partial charge is 0.321 e. The van der Waals surface area contributed by atoms with Gasteiger partial charge < -0.3 is 5.32 Å². The van der Waals surface area contributed by atoms with E-state index in [4.69, 9.17) is 23.2 Å². The first kappa shape index (κ1) is 23.9. The van der Waals surface area contributed by atoms with Gasteiger partial charge in [-0.2, -0.15) is 13.2 Å². The molecule has 32 heavy (non-hydrogen) atoms. The molecule has 1 amide bonds. The molecule has 3 rings (SSSR count).